The van der Waals surface area contributed by atoms with Gasteiger partial charge in [-0.3, -0.25) is 0 Å². The molecule has 2 rings (SSSR count). The van der Waals surface area contributed by atoms with E-state index < -0.39 is 0 Å². The van der Waals surface area contributed by atoms with Gasteiger partial charge in [-0.2, -0.15) is 0 Å². The van der Waals surface area contributed by atoms with Gasteiger partial charge in [0.1, 0.15) is 18.0 Å². The van der Waals surface area contributed by atoms with E-state index in [4.69, 9.17) is 9.47 Å². The quantitative estimate of drug-likeness (QED) is 0.173. The molecule has 0 spiro atoms. The monoisotopic (exact) mass is 372 g/mol. The van der Waals surface area contributed by atoms with Gasteiger partial charge in [0.25, 0.3) is 0 Å². The van der Waals surface area contributed by atoms with Crippen LogP contribution in [0.25, 0.3) is 0 Å². The van der Waals surface area contributed by atoms with E-state index in [2.05, 4.69) is 44.2 Å². The molecule has 1 aliphatic heterocycles. The predicted octanol–water partition coefficient (Wildman–Crippen LogP) is 7.26. The minimum absolute atomic E-state index is 0.0414. The molecule has 0 aliphatic carbocycles. The lowest BCUT2D eigenvalue weighted by molar-refractivity contribution is 0.202. The van der Waals surface area contributed by atoms with Crippen LogP contribution in [-0.4, -0.2) is 18.8 Å². The Kier molecular flexibility index (Phi) is 10.6. The molecule has 2 heteroatoms. The molecule has 1 fully saturated rings. The van der Waals surface area contributed by atoms with Crippen molar-refractivity contribution in [3.63, 3.8) is 0 Å². The predicted molar refractivity (Wildman–Crippen MR) is 116 cm³/mol. The van der Waals surface area contributed by atoms with Crippen molar-refractivity contribution in [3.8, 4) is 5.75 Å². The molecule has 1 heterocycles. The summed E-state index contributed by atoms with van der Waals surface area (Å²) < 4.78 is 11.2. The smallest absolute Gasteiger partial charge is 0.123 e. The van der Waals surface area contributed by atoms with Crippen LogP contribution in [-0.2, 0) is 11.2 Å². The highest BCUT2D eigenvalue weighted by Gasteiger charge is 2.40. The van der Waals surface area contributed by atoms with E-state index in [9.17, 15) is 0 Å². The van der Waals surface area contributed by atoms with Crippen LogP contribution in [0.3, 0.4) is 0 Å². The Morgan fingerprint density at radius 2 is 1.63 bits per heavy atom. The van der Waals surface area contributed by atoms with Gasteiger partial charge in [-0.15, -0.1) is 0 Å². The molecule has 152 valence electrons. The van der Waals surface area contributed by atoms with Crippen molar-refractivity contribution in [2.45, 2.75) is 96.5 Å². The van der Waals surface area contributed by atoms with Crippen LogP contribution in [0.2, 0.25) is 0 Å². The summed E-state index contributed by atoms with van der Waals surface area (Å²) in [7, 11) is 0. The lowest BCUT2D eigenvalue weighted by atomic mass is 10.0. The lowest BCUT2D eigenvalue weighted by Gasteiger charge is -2.10. The Morgan fingerprint density at radius 1 is 0.963 bits per heavy atom. The highest BCUT2D eigenvalue weighted by Crippen LogP contribution is 2.27. The maximum atomic E-state index is 5.86. The minimum atomic E-state index is -0.0414. The largest absolute Gasteiger partial charge is 0.490 e. The summed E-state index contributed by atoms with van der Waals surface area (Å²) in [5.74, 6) is 0.978. The Morgan fingerprint density at radius 3 is 2.33 bits per heavy atom. The van der Waals surface area contributed by atoms with Crippen molar-refractivity contribution < 1.29 is 9.47 Å². The molecule has 1 aromatic carbocycles. The Hall–Kier alpha value is -1.28. The van der Waals surface area contributed by atoms with Crippen molar-refractivity contribution in [2.75, 3.05) is 13.2 Å². The number of hydrogen-bond acceptors (Lipinski definition) is 2. The molecular formula is C25H40O2. The highest BCUT2D eigenvalue weighted by atomic mass is 16.6. The van der Waals surface area contributed by atoms with E-state index in [-0.39, 0.29) is 5.60 Å². The zero-order valence-corrected chi connectivity index (χ0v) is 17.7. The number of aryl methyl sites for hydroxylation is 1. The average Bonchev–Trinajstić information content (AvgIpc) is 3.42. The van der Waals surface area contributed by atoms with E-state index in [1.807, 2.05) is 6.07 Å². The van der Waals surface area contributed by atoms with Gasteiger partial charge in [0.05, 0.1) is 6.61 Å². The minimum Gasteiger partial charge on any atom is -0.490 e. The van der Waals surface area contributed by atoms with Crippen molar-refractivity contribution in [2.24, 2.45) is 0 Å². The molecule has 0 aromatic heterocycles. The maximum absolute atomic E-state index is 5.86. The highest BCUT2D eigenvalue weighted by molar-refractivity contribution is 5.28. The molecule has 1 saturated heterocycles. The molecule has 0 bridgehead atoms. The van der Waals surface area contributed by atoms with Crippen LogP contribution in [0, 0.1) is 0 Å². The third-order valence-electron chi connectivity index (χ3n) is 5.31. The fraction of sp³-hybridized carbons (Fsp3) is 0.680. The summed E-state index contributed by atoms with van der Waals surface area (Å²) in [4.78, 5) is 0. The molecule has 0 saturated carbocycles. The van der Waals surface area contributed by atoms with Crippen molar-refractivity contribution in [1.82, 2.24) is 0 Å². The molecule has 0 N–H and O–H groups in total. The van der Waals surface area contributed by atoms with Crippen LogP contribution in [0.15, 0.2) is 36.4 Å². The van der Waals surface area contributed by atoms with E-state index >= 15 is 0 Å². The topological polar surface area (TPSA) is 21.8 Å². The van der Waals surface area contributed by atoms with Crippen molar-refractivity contribution in [1.29, 1.82) is 0 Å². The van der Waals surface area contributed by atoms with Crippen LogP contribution < -0.4 is 4.74 Å². The summed E-state index contributed by atoms with van der Waals surface area (Å²) in [5, 5.41) is 0. The second-order valence-electron chi connectivity index (χ2n) is 8.30. The average molecular weight is 373 g/mol. The first-order valence-electron chi connectivity index (χ1n) is 11.2. The number of hydrogen-bond donors (Lipinski definition) is 0. The Labute approximate surface area is 167 Å². The summed E-state index contributed by atoms with van der Waals surface area (Å²) in [6.07, 6.45) is 20.6. The summed E-state index contributed by atoms with van der Waals surface area (Å²) in [6.45, 7) is 5.85. The first-order chi connectivity index (χ1) is 13.2. The van der Waals surface area contributed by atoms with Gasteiger partial charge in [-0.25, -0.2) is 0 Å². The summed E-state index contributed by atoms with van der Waals surface area (Å²) in [5.41, 5.74) is 1.35. The van der Waals surface area contributed by atoms with Gasteiger partial charge in [-0.1, -0.05) is 69.7 Å². The maximum Gasteiger partial charge on any atom is 0.123 e. The second-order valence-corrected chi connectivity index (χ2v) is 8.30. The summed E-state index contributed by atoms with van der Waals surface area (Å²) >= 11 is 0. The molecule has 27 heavy (non-hydrogen) atoms. The molecule has 0 amide bonds. The molecule has 1 unspecified atom stereocenters. The SMILES string of the molecule is CCCCCC/C=C/CCCCCCCc1cccc(OCC2(C)CO2)c1. The zero-order valence-electron chi connectivity index (χ0n) is 17.7. The van der Waals surface area contributed by atoms with E-state index in [0.717, 1.165) is 18.8 Å². The Bertz CT molecular complexity index is 531. The first-order valence-corrected chi connectivity index (χ1v) is 11.2. The third-order valence-corrected chi connectivity index (χ3v) is 5.31. The van der Waals surface area contributed by atoms with Gasteiger partial charge >= 0.3 is 0 Å². The lowest BCUT2D eigenvalue weighted by Crippen LogP contribution is -2.16. The van der Waals surface area contributed by atoms with Gasteiger partial charge in [0.2, 0.25) is 0 Å². The van der Waals surface area contributed by atoms with Crippen LogP contribution in [0.4, 0.5) is 0 Å². The fourth-order valence-electron chi connectivity index (χ4n) is 3.28. The van der Waals surface area contributed by atoms with Crippen molar-refractivity contribution in [3.05, 3.63) is 42.0 Å². The first kappa shape index (κ1) is 22.0. The fourth-order valence-corrected chi connectivity index (χ4v) is 3.28. The van der Waals surface area contributed by atoms with Crippen molar-refractivity contribution >= 4 is 0 Å². The van der Waals surface area contributed by atoms with Crippen LogP contribution in [0.5, 0.6) is 5.75 Å². The van der Waals surface area contributed by atoms with E-state index in [1.165, 1.54) is 76.2 Å². The van der Waals surface area contributed by atoms with E-state index in [0.29, 0.717) is 6.61 Å². The van der Waals surface area contributed by atoms with Gasteiger partial charge < -0.3 is 9.47 Å². The normalized spacial score (nSPS) is 18.9. The van der Waals surface area contributed by atoms with Gasteiger partial charge in [0.15, 0.2) is 0 Å². The molecule has 1 aromatic rings. The molecule has 0 radical (unpaired) electrons. The third kappa shape index (κ3) is 10.6. The zero-order chi connectivity index (χ0) is 19.2. The van der Waals surface area contributed by atoms with Crippen LogP contribution >= 0.6 is 0 Å². The second kappa shape index (κ2) is 13.0. The van der Waals surface area contributed by atoms with Gasteiger partial charge in [0, 0.05) is 0 Å². The van der Waals surface area contributed by atoms with Crippen LogP contribution in [0.1, 0.15) is 90.0 Å². The number of rotatable bonds is 16. The number of benzene rings is 1. The number of ether oxygens (including phenoxy) is 2. The van der Waals surface area contributed by atoms with Gasteiger partial charge in [-0.05, 0) is 63.1 Å². The molecule has 1 atom stereocenters. The molecule has 1 aliphatic rings. The summed E-state index contributed by atoms with van der Waals surface area (Å²) in [6, 6.07) is 8.56. The van der Waals surface area contributed by atoms with E-state index in [1.54, 1.807) is 0 Å². The standard InChI is InChI=1S/C25H40O2/c1-3-4-5-6-7-8-9-10-11-12-13-14-15-17-23-18-16-19-24(20-23)26-21-25(2)22-27-25/h8-9,16,18-20H,3-7,10-15,17,21-22H2,1-2H3/b9-8+. The molecule has 2 nitrogen and oxygen atoms in total. The molecular weight excluding hydrogens is 332 g/mol. The number of allylic oxidation sites excluding steroid dienone is 2. The Balaban J connectivity index is 1.44. The number of unbranched alkanes of at least 4 members (excludes halogenated alkanes) is 9. The number of epoxide rings is 1.